The van der Waals surface area contributed by atoms with Gasteiger partial charge in [0.25, 0.3) is 0 Å². The molecule has 122 valence electrons. The van der Waals surface area contributed by atoms with Crippen LogP contribution in [0.4, 0.5) is 0 Å². The van der Waals surface area contributed by atoms with Gasteiger partial charge in [-0.15, -0.1) is 32.9 Å². The van der Waals surface area contributed by atoms with E-state index >= 15 is 0 Å². The van der Waals surface area contributed by atoms with E-state index < -0.39 is 0 Å². The van der Waals surface area contributed by atoms with Gasteiger partial charge in [0.15, 0.2) is 21.0 Å². The quantitative estimate of drug-likeness (QED) is 0.370. The smallest absolute Gasteiger partial charge is 0.197 e. The van der Waals surface area contributed by atoms with E-state index in [9.17, 15) is 0 Å². The largest absolute Gasteiger partial charge is 0.301 e. The van der Waals surface area contributed by atoms with E-state index in [2.05, 4.69) is 42.7 Å². The molecule has 4 heterocycles. The molecule has 0 atom stereocenters. The van der Waals surface area contributed by atoms with Crippen molar-refractivity contribution in [2.75, 3.05) is 6.26 Å². The summed E-state index contributed by atoms with van der Waals surface area (Å²) in [5.41, 5.74) is 0.739. The number of aromatic nitrogens is 6. The molecule has 0 aromatic carbocycles. The third kappa shape index (κ3) is 2.83. The third-order valence-electron chi connectivity index (χ3n) is 3.28. The highest BCUT2D eigenvalue weighted by molar-refractivity contribution is 8.00. The van der Waals surface area contributed by atoms with Gasteiger partial charge in [-0.3, -0.25) is 0 Å². The first-order valence-electron chi connectivity index (χ1n) is 7.10. The Morgan fingerprint density at radius 2 is 2.17 bits per heavy atom. The zero-order valence-corrected chi connectivity index (χ0v) is 16.1. The van der Waals surface area contributed by atoms with Crippen molar-refractivity contribution < 1.29 is 0 Å². The molecule has 0 aliphatic carbocycles. The number of rotatable bonds is 5. The lowest BCUT2D eigenvalue weighted by atomic mass is 10.4. The van der Waals surface area contributed by atoms with Crippen LogP contribution in [0.5, 0.6) is 0 Å². The van der Waals surface area contributed by atoms with E-state index in [-0.39, 0.29) is 0 Å². The third-order valence-corrected chi connectivity index (χ3v) is 7.30. The van der Waals surface area contributed by atoms with E-state index in [0.717, 1.165) is 42.1 Å². The predicted octanol–water partition coefficient (Wildman–Crippen LogP) is 4.30. The monoisotopic (exact) mass is 392 g/mol. The summed E-state index contributed by atoms with van der Waals surface area (Å²) in [6.07, 6.45) is 3.57. The predicted molar refractivity (Wildman–Crippen MR) is 100 cm³/mol. The maximum absolute atomic E-state index is 4.50. The lowest BCUT2D eigenvalue weighted by molar-refractivity contribution is 0.687. The van der Waals surface area contributed by atoms with Crippen molar-refractivity contribution in [1.82, 2.24) is 29.7 Å². The van der Waals surface area contributed by atoms with Gasteiger partial charge in [-0.05, 0) is 36.4 Å². The summed E-state index contributed by atoms with van der Waals surface area (Å²) in [6.45, 7) is 2.90. The fourth-order valence-electron chi connectivity index (χ4n) is 2.20. The van der Waals surface area contributed by atoms with E-state index in [1.54, 1.807) is 40.8 Å². The Bertz CT molecular complexity index is 975. The number of hydrogen-bond acceptors (Lipinski definition) is 9. The minimum atomic E-state index is 0.739. The van der Waals surface area contributed by atoms with Gasteiger partial charge < -0.3 is 4.57 Å². The first-order chi connectivity index (χ1) is 11.8. The Kier molecular flexibility index (Phi) is 4.53. The number of thiophene rings is 1. The molecule has 0 unspecified atom stereocenters. The van der Waals surface area contributed by atoms with Crippen molar-refractivity contribution in [3.05, 3.63) is 23.8 Å². The zero-order valence-electron chi connectivity index (χ0n) is 12.8. The molecule has 4 rings (SSSR count). The van der Waals surface area contributed by atoms with Gasteiger partial charge in [-0.1, -0.05) is 17.8 Å². The lowest BCUT2D eigenvalue weighted by Gasteiger charge is -2.05. The molecular formula is C14H12N6S4. The highest BCUT2D eigenvalue weighted by atomic mass is 32.2. The second kappa shape index (κ2) is 6.79. The van der Waals surface area contributed by atoms with Crippen LogP contribution in [-0.2, 0) is 6.54 Å². The average Bonchev–Trinajstić information content (AvgIpc) is 3.33. The Hall–Kier alpha value is -1.49. The molecule has 4 aromatic heterocycles. The van der Waals surface area contributed by atoms with Crippen molar-refractivity contribution in [3.8, 4) is 10.7 Å². The second-order valence-corrected chi connectivity index (χ2v) is 8.60. The van der Waals surface area contributed by atoms with Gasteiger partial charge in [0.05, 0.1) is 4.88 Å². The van der Waals surface area contributed by atoms with Crippen molar-refractivity contribution in [2.45, 2.75) is 28.0 Å². The molecule has 24 heavy (non-hydrogen) atoms. The zero-order chi connectivity index (χ0) is 16.5. The Morgan fingerprint density at radius 1 is 1.25 bits per heavy atom. The molecule has 0 bridgehead atoms. The summed E-state index contributed by atoms with van der Waals surface area (Å²) >= 11 is 6.41. The van der Waals surface area contributed by atoms with Crippen LogP contribution in [0.2, 0.25) is 0 Å². The summed E-state index contributed by atoms with van der Waals surface area (Å²) in [6, 6.07) is 4.09. The van der Waals surface area contributed by atoms with Crippen molar-refractivity contribution in [3.63, 3.8) is 0 Å². The summed E-state index contributed by atoms with van der Waals surface area (Å²) in [5, 5.41) is 12.5. The van der Waals surface area contributed by atoms with E-state index in [1.807, 2.05) is 17.7 Å². The number of hydrogen-bond donors (Lipinski definition) is 0. The van der Waals surface area contributed by atoms with Gasteiger partial charge in [0.2, 0.25) is 0 Å². The van der Waals surface area contributed by atoms with Gasteiger partial charge in [-0.25, -0.2) is 15.0 Å². The van der Waals surface area contributed by atoms with Crippen LogP contribution >= 0.6 is 46.2 Å². The van der Waals surface area contributed by atoms with Crippen LogP contribution in [-0.4, -0.2) is 36.0 Å². The van der Waals surface area contributed by atoms with Crippen LogP contribution in [0, 0.1) is 0 Å². The molecule has 0 aliphatic rings. The highest BCUT2D eigenvalue weighted by Crippen LogP contribution is 2.37. The van der Waals surface area contributed by atoms with Crippen molar-refractivity contribution in [2.24, 2.45) is 0 Å². The van der Waals surface area contributed by atoms with Crippen molar-refractivity contribution in [1.29, 1.82) is 0 Å². The molecule has 0 radical (unpaired) electrons. The second-order valence-electron chi connectivity index (χ2n) is 4.65. The number of thioether (sulfide) groups is 1. The van der Waals surface area contributed by atoms with Crippen LogP contribution < -0.4 is 0 Å². The fourth-order valence-corrected chi connectivity index (χ4v) is 5.43. The molecule has 0 aliphatic heterocycles. The van der Waals surface area contributed by atoms with E-state index in [4.69, 9.17) is 0 Å². The molecule has 0 amide bonds. The molecule has 0 saturated carbocycles. The normalized spacial score (nSPS) is 11.4. The Labute approximate surface area is 154 Å². The molecule has 0 spiro atoms. The average molecular weight is 393 g/mol. The van der Waals surface area contributed by atoms with Crippen LogP contribution in [0.15, 0.2) is 38.4 Å². The number of nitrogens with zero attached hydrogens (tertiary/aromatic N) is 6. The fraction of sp³-hybridized carbons (Fsp3) is 0.214. The lowest BCUT2D eigenvalue weighted by Crippen LogP contribution is -1.99. The maximum Gasteiger partial charge on any atom is 0.197 e. The van der Waals surface area contributed by atoms with Gasteiger partial charge in [0, 0.05) is 6.54 Å². The molecule has 6 nitrogen and oxygen atoms in total. The minimum Gasteiger partial charge on any atom is -0.301 e. The first kappa shape index (κ1) is 16.0. The SMILES string of the molecule is CCn1c(Sc2ncnc3nc(SC)sc23)nnc1-c1cccs1. The van der Waals surface area contributed by atoms with Crippen LogP contribution in [0.3, 0.4) is 0 Å². The molecule has 0 saturated heterocycles. The van der Waals surface area contributed by atoms with Crippen LogP contribution in [0.1, 0.15) is 6.92 Å². The summed E-state index contributed by atoms with van der Waals surface area (Å²) in [5.74, 6) is 0.898. The van der Waals surface area contributed by atoms with E-state index in [0.29, 0.717) is 0 Å². The van der Waals surface area contributed by atoms with E-state index in [1.165, 1.54) is 11.8 Å². The highest BCUT2D eigenvalue weighted by Gasteiger charge is 2.18. The standard InChI is InChI=1S/C14H12N6S4/c1-3-20-11(8-5-4-6-22-8)18-19-13(20)24-12-9-10(15-7-16-12)17-14(21-2)23-9/h4-7H,3H2,1-2H3. The molecule has 0 fully saturated rings. The number of thiazole rings is 1. The summed E-state index contributed by atoms with van der Waals surface area (Å²) in [7, 11) is 0. The Balaban J connectivity index is 1.75. The Morgan fingerprint density at radius 3 is 2.92 bits per heavy atom. The minimum absolute atomic E-state index is 0.739. The first-order valence-corrected chi connectivity index (χ1v) is 10.8. The van der Waals surface area contributed by atoms with Crippen LogP contribution in [0.25, 0.3) is 21.0 Å². The maximum atomic E-state index is 4.50. The molecular weight excluding hydrogens is 380 g/mol. The summed E-state index contributed by atoms with van der Waals surface area (Å²) < 4.78 is 4.10. The molecule has 4 aromatic rings. The molecule has 10 heteroatoms. The summed E-state index contributed by atoms with van der Waals surface area (Å²) in [4.78, 5) is 14.3. The van der Waals surface area contributed by atoms with Crippen molar-refractivity contribution >= 4 is 56.5 Å². The molecule has 0 N–H and O–H groups in total. The van der Waals surface area contributed by atoms with Gasteiger partial charge >= 0.3 is 0 Å². The number of fused-ring (bicyclic) bond motifs is 1. The van der Waals surface area contributed by atoms with Gasteiger partial charge in [-0.2, -0.15) is 0 Å². The topological polar surface area (TPSA) is 69.4 Å². The van der Waals surface area contributed by atoms with Gasteiger partial charge in [0.1, 0.15) is 16.1 Å².